The van der Waals surface area contributed by atoms with Crippen LogP contribution >= 0.6 is 0 Å². The topological polar surface area (TPSA) is 70.1 Å². The summed E-state index contributed by atoms with van der Waals surface area (Å²) in [6.45, 7) is 2.27. The lowest BCUT2D eigenvalue weighted by atomic mass is 9.78. The van der Waals surface area contributed by atoms with Gasteiger partial charge in [-0.15, -0.1) is 0 Å². The summed E-state index contributed by atoms with van der Waals surface area (Å²) in [6.07, 6.45) is 3.82. The van der Waals surface area contributed by atoms with Crippen LogP contribution in [0.3, 0.4) is 0 Å². The molecule has 1 aliphatic carbocycles. The quantitative estimate of drug-likeness (QED) is 0.784. The van der Waals surface area contributed by atoms with Gasteiger partial charge in [-0.05, 0) is 25.3 Å². The van der Waals surface area contributed by atoms with Crippen molar-refractivity contribution in [1.82, 2.24) is 9.78 Å². The van der Waals surface area contributed by atoms with Gasteiger partial charge in [0, 0.05) is 25.7 Å². The van der Waals surface area contributed by atoms with E-state index in [4.69, 9.17) is 10.5 Å². The summed E-state index contributed by atoms with van der Waals surface area (Å²) in [7, 11) is 3.34. The average molecular weight is 265 g/mol. The molecule has 5 nitrogen and oxygen atoms in total. The summed E-state index contributed by atoms with van der Waals surface area (Å²) in [5.41, 5.74) is 7.33. The first kappa shape index (κ1) is 14.1. The van der Waals surface area contributed by atoms with Gasteiger partial charge in [0.2, 0.25) is 0 Å². The number of hydrogen-bond acceptors (Lipinski definition) is 4. The lowest BCUT2D eigenvalue weighted by molar-refractivity contribution is -0.153. The largest absolute Gasteiger partial charge is 0.469 e. The first-order chi connectivity index (χ1) is 9.00. The molecule has 0 spiro atoms. The van der Waals surface area contributed by atoms with Crippen LogP contribution in [0.25, 0.3) is 0 Å². The van der Waals surface area contributed by atoms with Gasteiger partial charge >= 0.3 is 5.97 Å². The van der Waals surface area contributed by atoms with Gasteiger partial charge in [0.1, 0.15) is 0 Å². The number of esters is 1. The van der Waals surface area contributed by atoms with E-state index in [9.17, 15) is 4.79 Å². The number of methoxy groups -OCH3 is 1. The van der Waals surface area contributed by atoms with Gasteiger partial charge in [-0.2, -0.15) is 5.10 Å². The van der Waals surface area contributed by atoms with E-state index in [1.54, 1.807) is 0 Å². The van der Waals surface area contributed by atoms with E-state index in [0.717, 1.165) is 17.8 Å². The van der Waals surface area contributed by atoms with Gasteiger partial charge in [-0.3, -0.25) is 9.48 Å². The Kier molecular flexibility index (Phi) is 3.94. The highest BCUT2D eigenvalue weighted by atomic mass is 16.5. The van der Waals surface area contributed by atoms with Crippen LogP contribution in [0.4, 0.5) is 0 Å². The Morgan fingerprint density at radius 2 is 2.32 bits per heavy atom. The Morgan fingerprint density at radius 3 is 2.74 bits per heavy atom. The highest BCUT2D eigenvalue weighted by Crippen LogP contribution is 2.42. The van der Waals surface area contributed by atoms with Crippen LogP contribution < -0.4 is 5.73 Å². The van der Waals surface area contributed by atoms with E-state index in [1.807, 2.05) is 24.7 Å². The summed E-state index contributed by atoms with van der Waals surface area (Å²) in [5, 5.41) is 4.33. The predicted molar refractivity (Wildman–Crippen MR) is 72.5 cm³/mol. The molecule has 1 aromatic rings. The van der Waals surface area contributed by atoms with E-state index in [0.29, 0.717) is 18.9 Å². The van der Waals surface area contributed by atoms with Gasteiger partial charge in [-0.25, -0.2) is 0 Å². The number of nitrogens with two attached hydrogens (primary N) is 1. The molecule has 1 heterocycles. The van der Waals surface area contributed by atoms with Crippen molar-refractivity contribution in [2.45, 2.75) is 32.6 Å². The van der Waals surface area contributed by atoms with Gasteiger partial charge in [0.15, 0.2) is 0 Å². The number of aromatic nitrogens is 2. The van der Waals surface area contributed by atoms with Crippen LogP contribution in [0.1, 0.15) is 30.7 Å². The van der Waals surface area contributed by atoms with Crippen LogP contribution in [-0.4, -0.2) is 29.4 Å². The maximum atomic E-state index is 12.2. The molecule has 0 aromatic carbocycles. The van der Waals surface area contributed by atoms with Crippen LogP contribution in [0, 0.1) is 18.3 Å². The molecular weight excluding hydrogens is 242 g/mol. The molecule has 1 fully saturated rings. The molecule has 1 saturated carbocycles. The average Bonchev–Trinajstić information content (AvgIpc) is 3.13. The van der Waals surface area contributed by atoms with Crippen molar-refractivity contribution in [3.63, 3.8) is 0 Å². The number of hydrogen-bond donors (Lipinski definition) is 1. The first-order valence-corrected chi connectivity index (χ1v) is 6.79. The smallest absolute Gasteiger partial charge is 0.313 e. The van der Waals surface area contributed by atoms with Crippen LogP contribution in [0.15, 0.2) is 6.07 Å². The molecule has 106 valence electrons. The zero-order valence-electron chi connectivity index (χ0n) is 12.0. The van der Waals surface area contributed by atoms with Gasteiger partial charge in [0.05, 0.1) is 18.2 Å². The highest BCUT2D eigenvalue weighted by molar-refractivity contribution is 5.77. The molecule has 1 aliphatic rings. The third-order valence-electron chi connectivity index (χ3n) is 4.00. The normalized spacial score (nSPS) is 18.1. The molecule has 1 unspecified atom stereocenters. The third-order valence-corrected chi connectivity index (χ3v) is 4.00. The van der Waals surface area contributed by atoms with Crippen molar-refractivity contribution < 1.29 is 9.53 Å². The van der Waals surface area contributed by atoms with E-state index >= 15 is 0 Å². The molecule has 2 rings (SSSR count). The maximum Gasteiger partial charge on any atom is 0.313 e. The zero-order chi connectivity index (χ0) is 14.0. The molecule has 1 aromatic heterocycles. The summed E-state index contributed by atoms with van der Waals surface area (Å²) in [6, 6.07) is 2.01. The number of carbonyl (C=O) groups excluding carboxylic acids is 1. The van der Waals surface area contributed by atoms with Crippen molar-refractivity contribution >= 4 is 5.97 Å². The predicted octanol–water partition coefficient (Wildman–Crippen LogP) is 1.19. The number of aryl methyl sites for hydroxylation is 2. The highest BCUT2D eigenvalue weighted by Gasteiger charge is 2.43. The van der Waals surface area contributed by atoms with Gasteiger partial charge in [0.25, 0.3) is 0 Å². The van der Waals surface area contributed by atoms with Gasteiger partial charge in [-0.1, -0.05) is 12.8 Å². The van der Waals surface area contributed by atoms with Crippen molar-refractivity contribution in [3.05, 3.63) is 17.5 Å². The van der Waals surface area contributed by atoms with Crippen molar-refractivity contribution in [2.75, 3.05) is 13.7 Å². The van der Waals surface area contributed by atoms with E-state index in [-0.39, 0.29) is 5.97 Å². The van der Waals surface area contributed by atoms with Crippen molar-refractivity contribution in [2.24, 2.45) is 24.1 Å². The molecule has 19 heavy (non-hydrogen) atoms. The standard InChI is InChI=1S/C14H23N3O2/c1-10-6-12(17(2)16-10)8-14(9-15,13(18)19-3)7-11-4-5-11/h6,11H,4-5,7-9,15H2,1-3H3. The Hall–Kier alpha value is -1.36. The van der Waals surface area contributed by atoms with Gasteiger partial charge < -0.3 is 10.5 Å². The van der Waals surface area contributed by atoms with E-state index in [1.165, 1.54) is 20.0 Å². The minimum absolute atomic E-state index is 0.194. The van der Waals surface area contributed by atoms with Crippen LogP contribution in [-0.2, 0) is 23.0 Å². The second-order valence-corrected chi connectivity index (χ2v) is 5.70. The molecule has 0 aliphatic heterocycles. The minimum Gasteiger partial charge on any atom is -0.469 e. The third kappa shape index (κ3) is 2.97. The summed E-state index contributed by atoms with van der Waals surface area (Å²) in [5.74, 6) is 0.428. The Morgan fingerprint density at radius 1 is 1.63 bits per heavy atom. The fourth-order valence-corrected chi connectivity index (χ4v) is 2.73. The minimum atomic E-state index is -0.601. The zero-order valence-corrected chi connectivity index (χ0v) is 12.0. The van der Waals surface area contributed by atoms with Crippen molar-refractivity contribution in [3.8, 4) is 0 Å². The Bertz CT molecular complexity index is 465. The number of ether oxygens (including phenoxy) is 1. The molecule has 5 heteroatoms. The fourth-order valence-electron chi connectivity index (χ4n) is 2.73. The van der Waals surface area contributed by atoms with Crippen LogP contribution in [0.5, 0.6) is 0 Å². The monoisotopic (exact) mass is 265 g/mol. The Balaban J connectivity index is 2.25. The SMILES string of the molecule is COC(=O)C(CN)(Cc1cc(C)nn1C)CC1CC1. The number of nitrogens with zero attached hydrogens (tertiary/aromatic N) is 2. The molecule has 0 amide bonds. The second kappa shape index (κ2) is 5.33. The summed E-state index contributed by atoms with van der Waals surface area (Å²) < 4.78 is 6.83. The molecule has 0 saturated heterocycles. The number of carbonyl (C=O) groups is 1. The van der Waals surface area contributed by atoms with E-state index < -0.39 is 5.41 Å². The Labute approximate surface area is 114 Å². The number of rotatable bonds is 6. The maximum absolute atomic E-state index is 12.2. The summed E-state index contributed by atoms with van der Waals surface area (Å²) >= 11 is 0. The fraction of sp³-hybridized carbons (Fsp3) is 0.714. The molecular formula is C14H23N3O2. The molecule has 0 bridgehead atoms. The molecule has 0 radical (unpaired) electrons. The lowest BCUT2D eigenvalue weighted by Crippen LogP contribution is -2.42. The van der Waals surface area contributed by atoms with E-state index in [2.05, 4.69) is 5.10 Å². The van der Waals surface area contributed by atoms with Crippen LogP contribution in [0.2, 0.25) is 0 Å². The first-order valence-electron chi connectivity index (χ1n) is 6.79. The van der Waals surface area contributed by atoms with Crippen molar-refractivity contribution in [1.29, 1.82) is 0 Å². The lowest BCUT2D eigenvalue weighted by Gasteiger charge is -2.29. The second-order valence-electron chi connectivity index (χ2n) is 5.70. The molecule has 1 atom stereocenters. The summed E-state index contributed by atoms with van der Waals surface area (Å²) in [4.78, 5) is 12.2. The molecule has 2 N–H and O–H groups in total.